The number of aromatic nitrogens is 1. The Balaban J connectivity index is 2.53. The van der Waals surface area contributed by atoms with E-state index in [2.05, 4.69) is 20.9 Å². The maximum absolute atomic E-state index is 5.70. The molecule has 1 radical (unpaired) electrons. The van der Waals surface area contributed by atoms with Gasteiger partial charge in [-0.25, -0.2) is 0 Å². The topological polar surface area (TPSA) is 31.4 Å². The summed E-state index contributed by atoms with van der Waals surface area (Å²) in [7, 11) is 0. The normalized spacial score (nSPS) is 14.5. The quantitative estimate of drug-likeness (QED) is 0.662. The molecule has 1 aliphatic rings. The highest BCUT2D eigenvalue weighted by molar-refractivity contribution is 9.10. The summed E-state index contributed by atoms with van der Waals surface area (Å²) < 4.78 is 11.1. The van der Waals surface area contributed by atoms with Crippen LogP contribution < -0.4 is 9.47 Å². The molecular formula is C7H4BrClNO2. The first kappa shape index (κ1) is 8.13. The predicted octanol–water partition coefficient (Wildman–Crippen LogP) is 2.43. The molecule has 1 aromatic heterocycles. The lowest BCUT2D eigenvalue weighted by molar-refractivity contribution is 0.213. The van der Waals surface area contributed by atoms with Crippen LogP contribution in [-0.4, -0.2) is 11.6 Å². The van der Waals surface area contributed by atoms with Crippen LogP contribution in [0, 0.1) is 6.61 Å². The lowest BCUT2D eigenvalue weighted by Crippen LogP contribution is -2.11. The second-order valence-electron chi connectivity index (χ2n) is 2.16. The van der Waals surface area contributed by atoms with E-state index in [4.69, 9.17) is 21.1 Å². The molecule has 1 aromatic rings. The van der Waals surface area contributed by atoms with Gasteiger partial charge in [-0.05, 0) is 22.0 Å². The highest BCUT2D eigenvalue weighted by Crippen LogP contribution is 2.37. The predicted molar refractivity (Wildman–Crippen MR) is 47.4 cm³/mol. The monoisotopic (exact) mass is 248 g/mol. The van der Waals surface area contributed by atoms with Gasteiger partial charge >= 0.3 is 0 Å². The average molecular weight is 249 g/mol. The molecule has 0 atom stereocenters. The number of rotatable bonds is 0. The zero-order chi connectivity index (χ0) is 8.55. The lowest BCUT2D eigenvalue weighted by Gasteiger charge is -2.17. The zero-order valence-corrected chi connectivity index (χ0v) is 8.22. The standard InChI is InChI=1S/C7H4BrClNO2/c8-4-3-5(9)10-7-6(4)11-1-2-12-7/h1,3H,2H2. The van der Waals surface area contributed by atoms with E-state index >= 15 is 0 Å². The van der Waals surface area contributed by atoms with Gasteiger partial charge in [-0.3, -0.25) is 0 Å². The summed E-state index contributed by atoms with van der Waals surface area (Å²) in [6.45, 7) is 1.95. The first-order valence-electron chi connectivity index (χ1n) is 3.24. The third kappa shape index (κ3) is 1.36. The van der Waals surface area contributed by atoms with Crippen LogP contribution >= 0.6 is 27.5 Å². The molecule has 3 nitrogen and oxygen atoms in total. The molecule has 2 rings (SSSR count). The molecule has 0 unspecified atom stereocenters. The Hall–Kier alpha value is -0.480. The largest absolute Gasteiger partial charge is 0.476 e. The molecule has 0 amide bonds. The van der Waals surface area contributed by atoms with Gasteiger partial charge in [0.1, 0.15) is 11.8 Å². The van der Waals surface area contributed by atoms with Crippen LogP contribution in [0.15, 0.2) is 10.5 Å². The van der Waals surface area contributed by atoms with Crippen LogP contribution in [0.2, 0.25) is 5.15 Å². The number of fused-ring (bicyclic) bond motifs is 1. The summed E-state index contributed by atoms with van der Waals surface area (Å²) in [5, 5.41) is 0.381. The van der Waals surface area contributed by atoms with Crippen molar-refractivity contribution in [3.63, 3.8) is 0 Å². The van der Waals surface area contributed by atoms with Crippen molar-refractivity contribution in [2.45, 2.75) is 0 Å². The van der Waals surface area contributed by atoms with Crippen molar-refractivity contribution >= 4 is 27.5 Å². The molecule has 0 saturated carbocycles. The Morgan fingerprint density at radius 2 is 2.42 bits per heavy atom. The second-order valence-corrected chi connectivity index (χ2v) is 3.40. The Bertz CT molecular complexity index is 319. The van der Waals surface area contributed by atoms with Gasteiger partial charge in [0.2, 0.25) is 0 Å². The van der Waals surface area contributed by atoms with Gasteiger partial charge in [-0.2, -0.15) is 4.98 Å². The minimum absolute atomic E-state index is 0.381. The van der Waals surface area contributed by atoms with Gasteiger partial charge in [0.25, 0.3) is 5.88 Å². The smallest absolute Gasteiger partial charge is 0.259 e. The van der Waals surface area contributed by atoms with Crippen LogP contribution in [0.4, 0.5) is 0 Å². The molecule has 12 heavy (non-hydrogen) atoms. The Labute approximate surface area is 82.8 Å². The maximum Gasteiger partial charge on any atom is 0.259 e. The number of pyridine rings is 1. The summed E-state index contributed by atoms with van der Waals surface area (Å²) in [5.74, 6) is 1.00. The van der Waals surface area contributed by atoms with Crippen molar-refractivity contribution in [2.75, 3.05) is 6.61 Å². The maximum atomic E-state index is 5.70. The van der Waals surface area contributed by atoms with E-state index in [9.17, 15) is 0 Å². The summed E-state index contributed by atoms with van der Waals surface area (Å²) in [6, 6.07) is 1.66. The molecule has 2 heterocycles. The fourth-order valence-corrected chi connectivity index (χ4v) is 1.68. The Morgan fingerprint density at radius 1 is 1.58 bits per heavy atom. The van der Waals surface area contributed by atoms with E-state index in [1.807, 2.05) is 0 Å². The molecule has 63 valence electrons. The highest BCUT2D eigenvalue weighted by atomic mass is 79.9. The molecule has 0 aromatic carbocycles. The zero-order valence-electron chi connectivity index (χ0n) is 5.88. The Morgan fingerprint density at radius 3 is 3.25 bits per heavy atom. The molecule has 0 spiro atoms. The lowest BCUT2D eigenvalue weighted by atomic mass is 10.4. The first-order chi connectivity index (χ1) is 5.77. The summed E-state index contributed by atoms with van der Waals surface area (Å²) >= 11 is 8.98. The van der Waals surface area contributed by atoms with Crippen LogP contribution in [-0.2, 0) is 0 Å². The second kappa shape index (κ2) is 3.11. The molecular weight excluding hydrogens is 245 g/mol. The SMILES string of the molecule is Clc1cc(Br)c2c(n1)OC[CH]O2. The van der Waals surface area contributed by atoms with E-state index in [0.29, 0.717) is 23.4 Å². The van der Waals surface area contributed by atoms with Gasteiger partial charge in [0.15, 0.2) is 12.4 Å². The number of hydrogen-bond acceptors (Lipinski definition) is 3. The number of nitrogens with zero attached hydrogens (tertiary/aromatic N) is 1. The number of halogens is 2. The minimum atomic E-state index is 0.381. The van der Waals surface area contributed by atoms with Crippen molar-refractivity contribution in [3.8, 4) is 11.6 Å². The summed E-state index contributed by atoms with van der Waals surface area (Å²) in [6.07, 6.45) is 0. The van der Waals surface area contributed by atoms with Gasteiger partial charge < -0.3 is 9.47 Å². The van der Waals surface area contributed by atoms with Gasteiger partial charge in [-0.15, -0.1) is 0 Å². The Kier molecular flexibility index (Phi) is 2.11. The third-order valence-corrected chi connectivity index (χ3v) is 2.14. The molecule has 0 bridgehead atoms. The minimum Gasteiger partial charge on any atom is -0.476 e. The van der Waals surface area contributed by atoms with Crippen molar-refractivity contribution in [2.24, 2.45) is 0 Å². The molecule has 5 heteroatoms. The summed E-state index contributed by atoms with van der Waals surface area (Å²) in [4.78, 5) is 3.94. The first-order valence-corrected chi connectivity index (χ1v) is 4.41. The fourth-order valence-electron chi connectivity index (χ4n) is 0.887. The van der Waals surface area contributed by atoms with E-state index in [1.54, 1.807) is 12.7 Å². The third-order valence-electron chi connectivity index (χ3n) is 1.35. The molecule has 0 N–H and O–H groups in total. The van der Waals surface area contributed by atoms with Gasteiger partial charge in [0.05, 0.1) is 4.47 Å². The molecule has 0 saturated heterocycles. The van der Waals surface area contributed by atoms with Crippen molar-refractivity contribution in [1.29, 1.82) is 0 Å². The van der Waals surface area contributed by atoms with E-state index in [0.717, 1.165) is 4.47 Å². The number of ether oxygens (including phenoxy) is 2. The summed E-state index contributed by atoms with van der Waals surface area (Å²) in [5.41, 5.74) is 0. The highest BCUT2D eigenvalue weighted by Gasteiger charge is 2.17. The van der Waals surface area contributed by atoms with E-state index in [-0.39, 0.29) is 0 Å². The molecule has 0 aliphatic carbocycles. The number of hydrogen-bond donors (Lipinski definition) is 0. The van der Waals surface area contributed by atoms with E-state index in [1.165, 1.54) is 0 Å². The van der Waals surface area contributed by atoms with Crippen LogP contribution in [0.1, 0.15) is 0 Å². The van der Waals surface area contributed by atoms with Gasteiger partial charge in [0, 0.05) is 0 Å². The van der Waals surface area contributed by atoms with Crippen molar-refractivity contribution < 1.29 is 9.47 Å². The fraction of sp³-hybridized carbons (Fsp3) is 0.143. The molecule has 0 fully saturated rings. The van der Waals surface area contributed by atoms with Crippen LogP contribution in [0.5, 0.6) is 11.6 Å². The van der Waals surface area contributed by atoms with Crippen molar-refractivity contribution in [3.05, 3.63) is 22.3 Å². The van der Waals surface area contributed by atoms with E-state index < -0.39 is 0 Å². The van der Waals surface area contributed by atoms with Crippen LogP contribution in [0.25, 0.3) is 0 Å². The average Bonchev–Trinajstić information content (AvgIpc) is 2.04. The molecule has 1 aliphatic heterocycles. The van der Waals surface area contributed by atoms with Crippen molar-refractivity contribution in [1.82, 2.24) is 4.98 Å². The van der Waals surface area contributed by atoms with Crippen LogP contribution in [0.3, 0.4) is 0 Å². The van der Waals surface area contributed by atoms with Gasteiger partial charge in [-0.1, -0.05) is 11.6 Å².